The summed E-state index contributed by atoms with van der Waals surface area (Å²) in [6.07, 6.45) is 2.37. The molecule has 114 valence electrons. The molecule has 0 amide bonds. The van der Waals surface area contributed by atoms with Gasteiger partial charge in [0, 0.05) is 18.2 Å². The minimum absolute atomic E-state index is 0.190. The molecule has 2 atom stereocenters. The standard InChI is InChI=1S/C16H27NO3/c1-5-6-12(2)10-20-11-15(17)14-8-7-13(18-3)9-16(14)19-4/h7-9,12,15H,5-6,10-11,17H2,1-4H3. The Morgan fingerprint density at radius 2 is 1.90 bits per heavy atom. The van der Waals surface area contributed by atoms with Crippen molar-refractivity contribution in [2.75, 3.05) is 27.4 Å². The molecular formula is C16H27NO3. The van der Waals surface area contributed by atoms with Crippen LogP contribution in [0.15, 0.2) is 18.2 Å². The van der Waals surface area contributed by atoms with Crippen LogP contribution in [0, 0.1) is 5.92 Å². The van der Waals surface area contributed by atoms with E-state index in [9.17, 15) is 0 Å². The summed E-state index contributed by atoms with van der Waals surface area (Å²) in [5.74, 6) is 2.07. The number of benzene rings is 1. The number of ether oxygens (including phenoxy) is 3. The van der Waals surface area contributed by atoms with Crippen LogP contribution >= 0.6 is 0 Å². The van der Waals surface area contributed by atoms with Gasteiger partial charge in [0.2, 0.25) is 0 Å². The lowest BCUT2D eigenvalue weighted by atomic mass is 10.1. The van der Waals surface area contributed by atoms with Crippen molar-refractivity contribution in [3.63, 3.8) is 0 Å². The molecule has 0 radical (unpaired) electrons. The van der Waals surface area contributed by atoms with Crippen LogP contribution in [-0.4, -0.2) is 27.4 Å². The summed E-state index contributed by atoms with van der Waals surface area (Å²) in [6, 6.07) is 5.47. The lowest BCUT2D eigenvalue weighted by molar-refractivity contribution is 0.0904. The zero-order valence-corrected chi connectivity index (χ0v) is 13.0. The van der Waals surface area contributed by atoms with Gasteiger partial charge >= 0.3 is 0 Å². The van der Waals surface area contributed by atoms with Gasteiger partial charge in [-0.25, -0.2) is 0 Å². The van der Waals surface area contributed by atoms with Gasteiger partial charge in [-0.15, -0.1) is 0 Å². The van der Waals surface area contributed by atoms with Crippen molar-refractivity contribution in [3.8, 4) is 11.5 Å². The van der Waals surface area contributed by atoms with Crippen LogP contribution < -0.4 is 15.2 Å². The predicted molar refractivity (Wildman–Crippen MR) is 81.4 cm³/mol. The molecule has 0 aliphatic heterocycles. The van der Waals surface area contributed by atoms with E-state index in [4.69, 9.17) is 19.9 Å². The first-order valence-electron chi connectivity index (χ1n) is 7.17. The fourth-order valence-corrected chi connectivity index (χ4v) is 2.19. The molecule has 1 rings (SSSR count). The zero-order valence-electron chi connectivity index (χ0n) is 13.0. The Balaban J connectivity index is 2.56. The van der Waals surface area contributed by atoms with Gasteiger partial charge in [0.05, 0.1) is 26.9 Å². The summed E-state index contributed by atoms with van der Waals surface area (Å²) < 4.78 is 16.2. The monoisotopic (exact) mass is 281 g/mol. The fraction of sp³-hybridized carbons (Fsp3) is 0.625. The second-order valence-electron chi connectivity index (χ2n) is 5.15. The number of nitrogens with two attached hydrogens (primary N) is 1. The van der Waals surface area contributed by atoms with E-state index in [1.165, 1.54) is 12.8 Å². The van der Waals surface area contributed by atoms with Crippen molar-refractivity contribution in [2.24, 2.45) is 11.7 Å². The molecule has 4 nitrogen and oxygen atoms in total. The molecular weight excluding hydrogens is 254 g/mol. The Bertz CT molecular complexity index is 395. The molecule has 0 fully saturated rings. The fourth-order valence-electron chi connectivity index (χ4n) is 2.19. The smallest absolute Gasteiger partial charge is 0.127 e. The molecule has 0 heterocycles. The van der Waals surface area contributed by atoms with E-state index in [0.29, 0.717) is 12.5 Å². The summed E-state index contributed by atoms with van der Waals surface area (Å²) in [7, 11) is 3.27. The summed E-state index contributed by atoms with van der Waals surface area (Å²) in [4.78, 5) is 0. The summed E-state index contributed by atoms with van der Waals surface area (Å²) >= 11 is 0. The molecule has 2 unspecified atom stereocenters. The molecule has 0 bridgehead atoms. The highest BCUT2D eigenvalue weighted by atomic mass is 16.5. The summed E-state index contributed by atoms with van der Waals surface area (Å²) in [5, 5.41) is 0. The Morgan fingerprint density at radius 1 is 1.15 bits per heavy atom. The number of hydrogen-bond acceptors (Lipinski definition) is 4. The van der Waals surface area contributed by atoms with Gasteiger partial charge in [-0.05, 0) is 24.5 Å². The lowest BCUT2D eigenvalue weighted by Crippen LogP contribution is -2.20. The van der Waals surface area contributed by atoms with Crippen LogP contribution in [0.2, 0.25) is 0 Å². The highest BCUT2D eigenvalue weighted by Crippen LogP contribution is 2.28. The lowest BCUT2D eigenvalue weighted by Gasteiger charge is -2.18. The van der Waals surface area contributed by atoms with Crippen molar-refractivity contribution >= 4 is 0 Å². The maximum Gasteiger partial charge on any atom is 0.127 e. The van der Waals surface area contributed by atoms with Crippen molar-refractivity contribution in [1.29, 1.82) is 0 Å². The molecule has 2 N–H and O–H groups in total. The maximum atomic E-state index is 6.18. The Hall–Kier alpha value is -1.26. The molecule has 1 aromatic rings. The van der Waals surface area contributed by atoms with E-state index in [-0.39, 0.29) is 6.04 Å². The van der Waals surface area contributed by atoms with Crippen molar-refractivity contribution in [2.45, 2.75) is 32.7 Å². The van der Waals surface area contributed by atoms with Crippen molar-refractivity contribution in [1.82, 2.24) is 0 Å². The topological polar surface area (TPSA) is 53.7 Å². The van der Waals surface area contributed by atoms with Gasteiger partial charge in [-0.2, -0.15) is 0 Å². The van der Waals surface area contributed by atoms with Crippen LogP contribution in [0.5, 0.6) is 11.5 Å². The first-order valence-corrected chi connectivity index (χ1v) is 7.17. The van der Waals surface area contributed by atoms with Gasteiger partial charge in [0.1, 0.15) is 11.5 Å². The van der Waals surface area contributed by atoms with Gasteiger partial charge in [-0.3, -0.25) is 0 Å². The molecule has 0 aromatic heterocycles. The second-order valence-corrected chi connectivity index (χ2v) is 5.15. The third-order valence-corrected chi connectivity index (χ3v) is 3.32. The van der Waals surface area contributed by atoms with Crippen LogP contribution in [0.4, 0.5) is 0 Å². The molecule has 0 aliphatic rings. The molecule has 0 saturated heterocycles. The van der Waals surface area contributed by atoms with Crippen LogP contribution in [0.3, 0.4) is 0 Å². The largest absolute Gasteiger partial charge is 0.497 e. The zero-order chi connectivity index (χ0) is 15.0. The highest BCUT2D eigenvalue weighted by molar-refractivity contribution is 5.42. The minimum Gasteiger partial charge on any atom is -0.497 e. The van der Waals surface area contributed by atoms with Crippen molar-refractivity contribution < 1.29 is 14.2 Å². The third-order valence-electron chi connectivity index (χ3n) is 3.32. The second kappa shape index (κ2) is 8.82. The van der Waals surface area contributed by atoms with Crippen LogP contribution in [0.1, 0.15) is 38.3 Å². The first kappa shape index (κ1) is 16.8. The molecule has 0 spiro atoms. The quantitative estimate of drug-likeness (QED) is 0.755. The van der Waals surface area contributed by atoms with Gasteiger partial charge in [0.15, 0.2) is 0 Å². The number of methoxy groups -OCH3 is 2. The van der Waals surface area contributed by atoms with Crippen LogP contribution in [-0.2, 0) is 4.74 Å². The molecule has 0 aliphatic carbocycles. The van der Waals surface area contributed by atoms with E-state index < -0.39 is 0 Å². The molecule has 1 aromatic carbocycles. The molecule has 20 heavy (non-hydrogen) atoms. The number of rotatable bonds is 9. The normalized spacial score (nSPS) is 13.8. The Morgan fingerprint density at radius 3 is 2.50 bits per heavy atom. The first-order chi connectivity index (χ1) is 9.62. The van der Waals surface area contributed by atoms with E-state index in [1.54, 1.807) is 14.2 Å². The van der Waals surface area contributed by atoms with Crippen LogP contribution in [0.25, 0.3) is 0 Å². The average molecular weight is 281 g/mol. The summed E-state index contributed by atoms with van der Waals surface area (Å²) in [5.41, 5.74) is 7.12. The van der Waals surface area contributed by atoms with Gasteiger partial charge in [-0.1, -0.05) is 20.3 Å². The van der Waals surface area contributed by atoms with E-state index in [2.05, 4.69) is 13.8 Å². The third kappa shape index (κ3) is 5.02. The SMILES string of the molecule is CCCC(C)COCC(N)c1ccc(OC)cc1OC. The van der Waals surface area contributed by atoms with E-state index in [1.807, 2.05) is 18.2 Å². The highest BCUT2D eigenvalue weighted by Gasteiger charge is 2.13. The van der Waals surface area contributed by atoms with Gasteiger partial charge in [0.25, 0.3) is 0 Å². The maximum absolute atomic E-state index is 6.18. The molecule has 0 saturated carbocycles. The van der Waals surface area contributed by atoms with E-state index in [0.717, 1.165) is 23.7 Å². The van der Waals surface area contributed by atoms with Crippen molar-refractivity contribution in [3.05, 3.63) is 23.8 Å². The van der Waals surface area contributed by atoms with E-state index >= 15 is 0 Å². The Labute approximate surface area is 122 Å². The predicted octanol–water partition coefficient (Wildman–Crippen LogP) is 3.16. The Kier molecular flexibility index (Phi) is 7.41. The minimum atomic E-state index is -0.190. The number of hydrogen-bond donors (Lipinski definition) is 1. The summed E-state index contributed by atoms with van der Waals surface area (Å²) in [6.45, 7) is 5.63. The van der Waals surface area contributed by atoms with Gasteiger partial charge < -0.3 is 19.9 Å². The molecule has 4 heteroatoms. The average Bonchev–Trinajstić information content (AvgIpc) is 2.46.